The van der Waals surface area contributed by atoms with Crippen LogP contribution < -0.4 is 5.32 Å². The van der Waals surface area contributed by atoms with Crippen LogP contribution in [-0.2, 0) is 16.1 Å². The molecule has 3 aliphatic rings. The van der Waals surface area contributed by atoms with Gasteiger partial charge in [-0.2, -0.15) is 0 Å². The predicted molar refractivity (Wildman–Crippen MR) is 112 cm³/mol. The van der Waals surface area contributed by atoms with Crippen molar-refractivity contribution in [2.75, 3.05) is 26.3 Å². The maximum atomic E-state index is 13.0. The van der Waals surface area contributed by atoms with E-state index in [1.54, 1.807) is 0 Å². The van der Waals surface area contributed by atoms with Crippen LogP contribution in [0.3, 0.4) is 0 Å². The Hall–Kier alpha value is -1.79. The second kappa shape index (κ2) is 8.92. The number of benzene rings is 1. The van der Waals surface area contributed by atoms with E-state index in [4.69, 9.17) is 16.3 Å². The van der Waals surface area contributed by atoms with Crippen molar-refractivity contribution < 1.29 is 14.3 Å². The topological polar surface area (TPSA) is 61.9 Å². The van der Waals surface area contributed by atoms with Crippen molar-refractivity contribution in [2.24, 2.45) is 5.92 Å². The van der Waals surface area contributed by atoms with E-state index in [2.05, 4.69) is 5.32 Å². The Morgan fingerprint density at radius 1 is 1.24 bits per heavy atom. The molecule has 1 aromatic rings. The van der Waals surface area contributed by atoms with Crippen molar-refractivity contribution in [1.82, 2.24) is 15.1 Å². The van der Waals surface area contributed by atoms with Crippen LogP contribution in [0, 0.1) is 12.8 Å². The number of hydrogen-bond acceptors (Lipinski definition) is 3. The van der Waals surface area contributed by atoms with E-state index < -0.39 is 0 Å². The van der Waals surface area contributed by atoms with E-state index in [1.807, 2.05) is 34.9 Å². The maximum Gasteiger partial charge on any atom is 0.318 e. The Kier molecular flexibility index (Phi) is 6.30. The van der Waals surface area contributed by atoms with Gasteiger partial charge in [0.25, 0.3) is 0 Å². The van der Waals surface area contributed by atoms with Gasteiger partial charge in [0.2, 0.25) is 5.91 Å². The molecule has 4 rings (SSSR count). The summed E-state index contributed by atoms with van der Waals surface area (Å²) in [7, 11) is 0. The Morgan fingerprint density at radius 3 is 2.76 bits per heavy atom. The molecule has 0 bridgehead atoms. The highest BCUT2D eigenvalue weighted by molar-refractivity contribution is 6.31. The molecule has 2 atom stereocenters. The van der Waals surface area contributed by atoms with Crippen LogP contribution >= 0.6 is 11.6 Å². The first-order valence-electron chi connectivity index (χ1n) is 10.7. The molecular formula is C22H30ClN3O3. The second-order valence-electron chi connectivity index (χ2n) is 8.52. The first kappa shape index (κ1) is 20.5. The second-order valence-corrected chi connectivity index (χ2v) is 8.93. The normalized spacial score (nSPS) is 24.4. The van der Waals surface area contributed by atoms with Crippen molar-refractivity contribution in [3.63, 3.8) is 0 Å². The molecule has 1 aliphatic carbocycles. The molecule has 7 heteroatoms. The maximum absolute atomic E-state index is 13.0. The van der Waals surface area contributed by atoms with Crippen molar-refractivity contribution in [2.45, 2.75) is 57.7 Å². The molecule has 1 aromatic carbocycles. The number of carbonyl (C=O) groups excluding carboxylic acids is 2. The number of likely N-dealkylation sites (tertiary alicyclic amines) is 1. The number of piperidine rings is 1. The molecule has 1 saturated carbocycles. The number of nitrogens with one attached hydrogen (secondary N) is 1. The molecule has 0 unspecified atom stereocenters. The lowest BCUT2D eigenvalue weighted by atomic mass is 10.0. The van der Waals surface area contributed by atoms with Crippen LogP contribution in [0.1, 0.15) is 43.2 Å². The molecule has 158 valence electrons. The van der Waals surface area contributed by atoms with Crippen LogP contribution in [0.4, 0.5) is 4.79 Å². The lowest BCUT2D eigenvalue weighted by molar-refractivity contribution is -0.137. The number of halogens is 1. The van der Waals surface area contributed by atoms with Gasteiger partial charge in [0.15, 0.2) is 0 Å². The predicted octanol–water partition coefficient (Wildman–Crippen LogP) is 3.35. The van der Waals surface area contributed by atoms with E-state index in [-0.39, 0.29) is 23.9 Å². The summed E-state index contributed by atoms with van der Waals surface area (Å²) in [6.07, 6.45) is 4.81. The third kappa shape index (κ3) is 4.86. The van der Waals surface area contributed by atoms with Crippen LogP contribution in [0.2, 0.25) is 5.02 Å². The first-order valence-corrected chi connectivity index (χ1v) is 11.1. The van der Waals surface area contributed by atoms with Gasteiger partial charge in [-0.3, -0.25) is 4.79 Å². The largest absolute Gasteiger partial charge is 0.381 e. The molecular weight excluding hydrogens is 390 g/mol. The quantitative estimate of drug-likeness (QED) is 0.796. The highest BCUT2D eigenvalue weighted by atomic mass is 35.5. The molecule has 3 fully saturated rings. The molecule has 0 aromatic heterocycles. The Balaban J connectivity index is 1.38. The first-order chi connectivity index (χ1) is 14.0. The van der Waals surface area contributed by atoms with Gasteiger partial charge in [0.05, 0.1) is 18.6 Å². The average molecular weight is 420 g/mol. The Bertz CT molecular complexity index is 762. The van der Waals surface area contributed by atoms with E-state index in [0.29, 0.717) is 32.3 Å². The standard InChI is InChI=1S/C22H30ClN3O3/c1-15-11-16(4-7-20(15)23)12-24-22(28)26(18-5-6-18)19-3-2-9-25(13-19)21(27)17-8-10-29-14-17/h4,7,11,17-19H,2-3,5-6,8-10,12-14H2,1H3,(H,24,28)/t17-,19+/m0/s1. The van der Waals surface area contributed by atoms with Crippen molar-refractivity contribution >= 4 is 23.5 Å². The number of amides is 3. The van der Waals surface area contributed by atoms with Gasteiger partial charge in [-0.15, -0.1) is 0 Å². The number of hydrogen-bond donors (Lipinski definition) is 1. The number of nitrogens with zero attached hydrogens (tertiary/aromatic N) is 2. The lowest BCUT2D eigenvalue weighted by Gasteiger charge is -2.40. The van der Waals surface area contributed by atoms with Gasteiger partial charge in [-0.25, -0.2) is 4.79 Å². The average Bonchev–Trinajstić information content (AvgIpc) is 3.39. The van der Waals surface area contributed by atoms with Gasteiger partial charge >= 0.3 is 6.03 Å². The Labute approximate surface area is 177 Å². The monoisotopic (exact) mass is 419 g/mol. The molecule has 3 amide bonds. The highest BCUT2D eigenvalue weighted by Gasteiger charge is 2.40. The number of ether oxygens (including phenoxy) is 1. The zero-order valence-electron chi connectivity index (χ0n) is 17.0. The number of aryl methyl sites for hydroxylation is 1. The summed E-state index contributed by atoms with van der Waals surface area (Å²) in [5.41, 5.74) is 2.05. The third-order valence-corrected chi connectivity index (χ3v) is 6.65. The van der Waals surface area contributed by atoms with Crippen molar-refractivity contribution in [3.8, 4) is 0 Å². The third-order valence-electron chi connectivity index (χ3n) is 6.22. The highest BCUT2D eigenvalue weighted by Crippen LogP contribution is 2.32. The van der Waals surface area contributed by atoms with Gasteiger partial charge < -0.3 is 19.9 Å². The summed E-state index contributed by atoms with van der Waals surface area (Å²) in [6.45, 7) is 5.08. The Morgan fingerprint density at radius 2 is 2.07 bits per heavy atom. The van der Waals surface area contributed by atoms with Crippen LogP contribution in [0.15, 0.2) is 18.2 Å². The number of carbonyl (C=O) groups is 2. The van der Waals surface area contributed by atoms with Crippen LogP contribution in [0.5, 0.6) is 0 Å². The number of rotatable bonds is 5. The molecule has 2 saturated heterocycles. The van der Waals surface area contributed by atoms with Gasteiger partial charge in [-0.1, -0.05) is 23.7 Å². The van der Waals surface area contributed by atoms with E-state index in [0.717, 1.165) is 54.8 Å². The van der Waals surface area contributed by atoms with E-state index in [1.165, 1.54) is 0 Å². The molecule has 29 heavy (non-hydrogen) atoms. The summed E-state index contributed by atoms with van der Waals surface area (Å²) in [5.74, 6) is 0.185. The minimum atomic E-state index is -0.0244. The van der Waals surface area contributed by atoms with Crippen molar-refractivity contribution in [3.05, 3.63) is 34.3 Å². The molecule has 2 heterocycles. The van der Waals surface area contributed by atoms with Gasteiger partial charge in [0.1, 0.15) is 0 Å². The van der Waals surface area contributed by atoms with Crippen LogP contribution in [0.25, 0.3) is 0 Å². The molecule has 6 nitrogen and oxygen atoms in total. The smallest absolute Gasteiger partial charge is 0.318 e. The fourth-order valence-electron chi connectivity index (χ4n) is 4.44. The number of urea groups is 1. The molecule has 1 N–H and O–H groups in total. The van der Waals surface area contributed by atoms with Gasteiger partial charge in [0, 0.05) is 37.3 Å². The van der Waals surface area contributed by atoms with E-state index >= 15 is 0 Å². The summed E-state index contributed by atoms with van der Waals surface area (Å²) < 4.78 is 5.39. The summed E-state index contributed by atoms with van der Waals surface area (Å²) >= 11 is 6.10. The zero-order chi connectivity index (χ0) is 20.4. The summed E-state index contributed by atoms with van der Waals surface area (Å²) in [4.78, 5) is 29.8. The summed E-state index contributed by atoms with van der Waals surface area (Å²) in [6, 6.07) is 6.19. The minimum Gasteiger partial charge on any atom is -0.381 e. The molecule has 0 spiro atoms. The van der Waals surface area contributed by atoms with Crippen LogP contribution in [-0.4, -0.2) is 60.1 Å². The fourth-order valence-corrected chi connectivity index (χ4v) is 4.56. The van der Waals surface area contributed by atoms with E-state index in [9.17, 15) is 9.59 Å². The minimum absolute atomic E-state index is 0.00917. The molecule has 0 radical (unpaired) electrons. The SMILES string of the molecule is Cc1cc(CNC(=O)N(C2CC2)[C@@H]2CCCN(C(=O)[C@H]3CCOC3)C2)ccc1Cl. The van der Waals surface area contributed by atoms with Gasteiger partial charge in [-0.05, 0) is 56.2 Å². The zero-order valence-corrected chi connectivity index (χ0v) is 17.8. The fraction of sp³-hybridized carbons (Fsp3) is 0.636. The van der Waals surface area contributed by atoms with Crippen molar-refractivity contribution in [1.29, 1.82) is 0 Å². The molecule has 2 aliphatic heterocycles. The lowest BCUT2D eigenvalue weighted by Crippen LogP contribution is -2.55. The summed E-state index contributed by atoms with van der Waals surface area (Å²) in [5, 5.41) is 3.82.